The minimum atomic E-state index is -4.96. The van der Waals surface area contributed by atoms with Crippen molar-refractivity contribution in [3.8, 4) is 5.75 Å². The van der Waals surface area contributed by atoms with Gasteiger partial charge < -0.3 is 32.6 Å². The standard InChI is InChI=1S/C24H30F7N7O2/c1-35-11-13(20(34)24(29,30)31)21(39)38-22(36-17-6-4-3-5-14(17)23(26,27)28)37-19(33)10-16(32)12-7-8-18(40-2)15(25)9-12/h3-9,13,16,19-20,35H,10-11,32-34H2,1-2H3,(H2,36,37,38,39). The van der Waals surface area contributed by atoms with Gasteiger partial charge in [-0.05, 0) is 36.9 Å². The van der Waals surface area contributed by atoms with E-state index >= 15 is 0 Å². The molecule has 4 atom stereocenters. The lowest BCUT2D eigenvalue weighted by molar-refractivity contribution is -0.164. The summed E-state index contributed by atoms with van der Waals surface area (Å²) in [7, 11) is 2.56. The Balaban J connectivity index is 2.40. The number of amides is 1. The van der Waals surface area contributed by atoms with Crippen molar-refractivity contribution in [3.05, 3.63) is 59.4 Å². The molecule has 0 spiro atoms. The number of benzene rings is 2. The maximum absolute atomic E-state index is 14.1. The number of halogens is 7. The average molecular weight is 582 g/mol. The largest absolute Gasteiger partial charge is 0.494 e. The van der Waals surface area contributed by atoms with Crippen LogP contribution in [0.1, 0.15) is 23.6 Å². The Labute approximate surface area is 225 Å². The van der Waals surface area contributed by atoms with Crippen LogP contribution in [0.15, 0.2) is 47.5 Å². The molecule has 0 aliphatic rings. The third-order valence-electron chi connectivity index (χ3n) is 5.69. The smallest absolute Gasteiger partial charge is 0.418 e. The summed E-state index contributed by atoms with van der Waals surface area (Å²) >= 11 is 0. The van der Waals surface area contributed by atoms with Crippen molar-refractivity contribution >= 4 is 17.6 Å². The average Bonchev–Trinajstić information content (AvgIpc) is 2.85. The lowest BCUT2D eigenvalue weighted by atomic mass is 9.99. The van der Waals surface area contributed by atoms with E-state index in [2.05, 4.69) is 20.9 Å². The summed E-state index contributed by atoms with van der Waals surface area (Å²) in [4.78, 5) is 16.8. The number of para-hydroxylation sites is 1. The second kappa shape index (κ2) is 13.7. The molecule has 0 heterocycles. The van der Waals surface area contributed by atoms with Crippen molar-refractivity contribution in [1.82, 2.24) is 10.6 Å². The highest BCUT2D eigenvalue weighted by Crippen LogP contribution is 2.34. The van der Waals surface area contributed by atoms with Gasteiger partial charge in [0.05, 0.1) is 24.3 Å². The summed E-state index contributed by atoms with van der Waals surface area (Å²) in [5.74, 6) is -4.59. The van der Waals surface area contributed by atoms with Gasteiger partial charge in [0.15, 0.2) is 11.6 Å². The summed E-state index contributed by atoms with van der Waals surface area (Å²) < 4.78 is 99.3. The number of carbonyl (C=O) groups excluding carboxylic acids is 1. The van der Waals surface area contributed by atoms with Crippen LogP contribution in [0.2, 0.25) is 0 Å². The van der Waals surface area contributed by atoms with E-state index < -0.39 is 72.0 Å². The molecule has 0 aliphatic heterocycles. The monoisotopic (exact) mass is 581 g/mol. The highest BCUT2D eigenvalue weighted by Gasteiger charge is 2.45. The lowest BCUT2D eigenvalue weighted by Crippen LogP contribution is -2.54. The zero-order chi connectivity index (χ0) is 30.3. The number of rotatable bonds is 10. The minimum absolute atomic E-state index is 0.0380. The first-order valence-corrected chi connectivity index (χ1v) is 11.7. The van der Waals surface area contributed by atoms with Crippen molar-refractivity contribution < 1.29 is 40.3 Å². The minimum Gasteiger partial charge on any atom is -0.494 e. The van der Waals surface area contributed by atoms with Crippen LogP contribution in [0, 0.1) is 11.7 Å². The number of nitrogens with two attached hydrogens (primary N) is 3. The first-order chi connectivity index (χ1) is 18.6. The van der Waals surface area contributed by atoms with Gasteiger partial charge in [-0.3, -0.25) is 10.1 Å². The summed E-state index contributed by atoms with van der Waals surface area (Å²) in [5, 5.41) is 6.77. The Kier molecular flexibility index (Phi) is 11.2. The van der Waals surface area contributed by atoms with Gasteiger partial charge in [0, 0.05) is 19.0 Å². The van der Waals surface area contributed by atoms with Crippen molar-refractivity contribution in [3.63, 3.8) is 0 Å². The maximum Gasteiger partial charge on any atom is 0.418 e. The van der Waals surface area contributed by atoms with Gasteiger partial charge in [-0.1, -0.05) is 18.2 Å². The Morgan fingerprint density at radius 1 is 1.05 bits per heavy atom. The number of guanidine groups is 1. The summed E-state index contributed by atoms with van der Waals surface area (Å²) in [5.41, 5.74) is 15.9. The molecule has 0 saturated carbocycles. The van der Waals surface area contributed by atoms with Gasteiger partial charge in [0.25, 0.3) is 0 Å². The van der Waals surface area contributed by atoms with Gasteiger partial charge in [-0.2, -0.15) is 26.3 Å². The fraction of sp³-hybridized carbons (Fsp3) is 0.417. The molecule has 1 amide bonds. The number of hydrogen-bond acceptors (Lipinski definition) is 7. The number of nitrogens with one attached hydrogen (secondary N) is 3. The van der Waals surface area contributed by atoms with E-state index in [0.29, 0.717) is 0 Å². The van der Waals surface area contributed by atoms with Crippen molar-refractivity contribution in [2.75, 3.05) is 26.0 Å². The van der Waals surface area contributed by atoms with E-state index in [1.807, 2.05) is 0 Å². The quantitative estimate of drug-likeness (QED) is 0.143. The molecule has 222 valence electrons. The number of aliphatic imine (C=N–C) groups is 1. The Hall–Kier alpha value is -3.47. The van der Waals surface area contributed by atoms with Crippen LogP contribution in [0.5, 0.6) is 5.75 Å². The Morgan fingerprint density at radius 2 is 1.70 bits per heavy atom. The number of methoxy groups -OCH3 is 1. The van der Waals surface area contributed by atoms with E-state index in [1.54, 1.807) is 0 Å². The third-order valence-corrected chi connectivity index (χ3v) is 5.69. The molecule has 2 aromatic carbocycles. The molecular weight excluding hydrogens is 551 g/mol. The van der Waals surface area contributed by atoms with Crippen LogP contribution in [-0.4, -0.2) is 51.0 Å². The van der Waals surface area contributed by atoms with Crippen LogP contribution in [0.25, 0.3) is 0 Å². The highest BCUT2D eigenvalue weighted by atomic mass is 19.4. The second-order valence-corrected chi connectivity index (χ2v) is 8.67. The zero-order valence-corrected chi connectivity index (χ0v) is 21.4. The van der Waals surface area contributed by atoms with E-state index in [0.717, 1.165) is 24.3 Å². The van der Waals surface area contributed by atoms with Crippen LogP contribution < -0.4 is 37.9 Å². The normalized spacial score (nSPS) is 15.7. The molecule has 9 nitrogen and oxygen atoms in total. The highest BCUT2D eigenvalue weighted by molar-refractivity contribution is 6.05. The molecule has 16 heteroatoms. The molecule has 0 aliphatic carbocycles. The van der Waals surface area contributed by atoms with E-state index in [9.17, 15) is 35.5 Å². The first-order valence-electron chi connectivity index (χ1n) is 11.7. The number of ether oxygens (including phenoxy) is 1. The summed E-state index contributed by atoms with van der Waals surface area (Å²) in [6.45, 7) is -0.515. The third kappa shape index (κ3) is 9.04. The first kappa shape index (κ1) is 32.7. The second-order valence-electron chi connectivity index (χ2n) is 8.67. The van der Waals surface area contributed by atoms with Crippen LogP contribution in [0.4, 0.5) is 36.4 Å². The molecular formula is C24H30F7N7O2. The van der Waals surface area contributed by atoms with E-state index in [4.69, 9.17) is 21.9 Å². The molecule has 0 bridgehead atoms. The topological polar surface area (TPSA) is 153 Å². The molecule has 0 aromatic heterocycles. The predicted molar refractivity (Wildman–Crippen MR) is 135 cm³/mol. The molecule has 40 heavy (non-hydrogen) atoms. The lowest BCUT2D eigenvalue weighted by Gasteiger charge is -2.26. The fourth-order valence-corrected chi connectivity index (χ4v) is 3.63. The molecule has 2 rings (SSSR count). The molecule has 4 unspecified atom stereocenters. The summed E-state index contributed by atoms with van der Waals surface area (Å²) in [6, 6.07) is 4.51. The summed E-state index contributed by atoms with van der Waals surface area (Å²) in [6.07, 6.45) is -11.3. The van der Waals surface area contributed by atoms with Gasteiger partial charge in [0.2, 0.25) is 11.9 Å². The van der Waals surface area contributed by atoms with E-state index in [1.165, 1.54) is 32.4 Å². The molecule has 0 radical (unpaired) electrons. The molecule has 2 aromatic rings. The molecule has 0 saturated heterocycles. The molecule has 0 fully saturated rings. The van der Waals surface area contributed by atoms with Gasteiger partial charge >= 0.3 is 12.4 Å². The maximum atomic E-state index is 14.1. The van der Waals surface area contributed by atoms with Crippen molar-refractivity contribution in [1.29, 1.82) is 0 Å². The predicted octanol–water partition coefficient (Wildman–Crippen LogP) is 2.84. The zero-order valence-electron chi connectivity index (χ0n) is 21.4. The number of nitrogens with zero attached hydrogens (tertiary/aromatic N) is 1. The number of anilines is 1. The van der Waals surface area contributed by atoms with Gasteiger partial charge in [0.1, 0.15) is 12.2 Å². The van der Waals surface area contributed by atoms with Gasteiger partial charge in [-0.25, -0.2) is 9.38 Å². The SMILES string of the molecule is CNCC(C(=O)NC(=NC(N)CC(N)c1ccc(OC)c(F)c1)Nc1ccccc1C(F)(F)F)C(N)C(F)(F)F. The Morgan fingerprint density at radius 3 is 2.25 bits per heavy atom. The van der Waals surface area contributed by atoms with Crippen LogP contribution in [-0.2, 0) is 11.0 Å². The van der Waals surface area contributed by atoms with Gasteiger partial charge in [-0.15, -0.1) is 0 Å². The molecule has 9 N–H and O–H groups in total. The number of alkyl halides is 6. The Bertz CT molecular complexity index is 1170. The fourth-order valence-electron chi connectivity index (χ4n) is 3.63. The number of carbonyl (C=O) groups is 1. The van der Waals surface area contributed by atoms with Crippen molar-refractivity contribution in [2.24, 2.45) is 28.1 Å². The number of hydrogen-bond donors (Lipinski definition) is 6. The van der Waals surface area contributed by atoms with Crippen LogP contribution >= 0.6 is 0 Å². The van der Waals surface area contributed by atoms with Crippen LogP contribution in [0.3, 0.4) is 0 Å². The van der Waals surface area contributed by atoms with E-state index in [-0.39, 0.29) is 17.7 Å². The van der Waals surface area contributed by atoms with Crippen molar-refractivity contribution in [2.45, 2.75) is 37.0 Å².